The summed E-state index contributed by atoms with van der Waals surface area (Å²) >= 11 is 1.73. The second-order valence-corrected chi connectivity index (χ2v) is 7.28. The molecule has 6 heteroatoms. The highest BCUT2D eigenvalue weighted by atomic mass is 32.1. The summed E-state index contributed by atoms with van der Waals surface area (Å²) in [4.78, 5) is 12.5. The number of piperidine rings is 1. The number of hydrogen-bond donors (Lipinski definition) is 2. The zero-order valence-corrected chi connectivity index (χ0v) is 14.9. The van der Waals surface area contributed by atoms with Crippen molar-refractivity contribution in [2.45, 2.75) is 39.7 Å². The van der Waals surface area contributed by atoms with Crippen molar-refractivity contribution in [1.82, 2.24) is 20.5 Å². The van der Waals surface area contributed by atoms with Crippen molar-refractivity contribution in [1.29, 1.82) is 0 Å². The normalized spacial score (nSPS) is 17.7. The van der Waals surface area contributed by atoms with Gasteiger partial charge in [0.15, 0.2) is 5.96 Å². The van der Waals surface area contributed by atoms with Gasteiger partial charge in [0.1, 0.15) is 5.01 Å². The molecule has 0 aliphatic carbocycles. The van der Waals surface area contributed by atoms with E-state index >= 15 is 0 Å². The second-order valence-electron chi connectivity index (χ2n) is 5.96. The number of guanidine groups is 1. The van der Waals surface area contributed by atoms with Crippen molar-refractivity contribution in [3.63, 3.8) is 0 Å². The van der Waals surface area contributed by atoms with E-state index < -0.39 is 0 Å². The first-order valence-electron chi connectivity index (χ1n) is 8.29. The molecule has 1 aromatic rings. The summed E-state index contributed by atoms with van der Waals surface area (Å²) in [6.07, 6.45) is 5.75. The number of nitrogens with zero attached hydrogens (tertiary/aromatic N) is 3. The first-order chi connectivity index (χ1) is 10.7. The molecular weight excluding hydrogens is 294 g/mol. The monoisotopic (exact) mass is 323 g/mol. The van der Waals surface area contributed by atoms with Gasteiger partial charge in [-0.1, -0.05) is 6.92 Å². The Morgan fingerprint density at radius 2 is 2.18 bits per heavy atom. The molecular formula is C16H29N5S. The van der Waals surface area contributed by atoms with E-state index in [1.165, 1.54) is 43.8 Å². The third-order valence-corrected chi connectivity index (χ3v) is 5.02. The Morgan fingerprint density at radius 3 is 2.77 bits per heavy atom. The number of nitrogens with one attached hydrogen (secondary N) is 2. The van der Waals surface area contributed by atoms with E-state index in [2.05, 4.69) is 39.4 Å². The highest BCUT2D eigenvalue weighted by molar-refractivity contribution is 7.11. The van der Waals surface area contributed by atoms with Crippen LogP contribution in [0.3, 0.4) is 0 Å². The van der Waals surface area contributed by atoms with Crippen LogP contribution in [0.15, 0.2) is 11.2 Å². The molecule has 22 heavy (non-hydrogen) atoms. The fourth-order valence-corrected chi connectivity index (χ4v) is 3.56. The van der Waals surface area contributed by atoms with Gasteiger partial charge >= 0.3 is 0 Å². The van der Waals surface area contributed by atoms with E-state index in [0.29, 0.717) is 0 Å². The molecule has 124 valence electrons. The van der Waals surface area contributed by atoms with Crippen molar-refractivity contribution in [2.75, 3.05) is 33.2 Å². The SMILES string of the molecule is CCCN1CCC(CNC(=NC)NCc2ncc(C)s2)CC1. The van der Waals surface area contributed by atoms with Crippen molar-refractivity contribution in [3.8, 4) is 0 Å². The summed E-state index contributed by atoms with van der Waals surface area (Å²) in [5.74, 6) is 1.64. The molecule has 0 amide bonds. The van der Waals surface area contributed by atoms with Gasteiger partial charge in [-0.2, -0.15) is 0 Å². The predicted octanol–water partition coefficient (Wildman–Crippen LogP) is 2.24. The molecule has 2 N–H and O–H groups in total. The molecule has 1 aliphatic heterocycles. The van der Waals surface area contributed by atoms with Crippen LogP contribution in [0.5, 0.6) is 0 Å². The number of aryl methyl sites for hydroxylation is 1. The van der Waals surface area contributed by atoms with Gasteiger partial charge in [0, 0.05) is 24.7 Å². The highest BCUT2D eigenvalue weighted by Crippen LogP contribution is 2.16. The van der Waals surface area contributed by atoms with Crippen LogP contribution in [0.4, 0.5) is 0 Å². The van der Waals surface area contributed by atoms with Gasteiger partial charge in [-0.15, -0.1) is 11.3 Å². The average Bonchev–Trinajstić information content (AvgIpc) is 2.95. The molecule has 0 spiro atoms. The zero-order chi connectivity index (χ0) is 15.8. The Labute approximate surface area is 138 Å². The van der Waals surface area contributed by atoms with E-state index in [0.717, 1.165) is 30.0 Å². The molecule has 0 radical (unpaired) electrons. The van der Waals surface area contributed by atoms with Gasteiger partial charge in [-0.05, 0) is 51.7 Å². The van der Waals surface area contributed by atoms with Crippen LogP contribution < -0.4 is 10.6 Å². The number of rotatable bonds is 6. The fourth-order valence-electron chi connectivity index (χ4n) is 2.83. The van der Waals surface area contributed by atoms with Gasteiger partial charge in [0.05, 0.1) is 6.54 Å². The van der Waals surface area contributed by atoms with Crippen LogP contribution in [0.2, 0.25) is 0 Å². The van der Waals surface area contributed by atoms with Crippen molar-refractivity contribution < 1.29 is 0 Å². The second kappa shape index (κ2) is 9.10. The number of hydrogen-bond acceptors (Lipinski definition) is 4. The molecule has 0 saturated carbocycles. The van der Waals surface area contributed by atoms with Gasteiger partial charge in [-0.3, -0.25) is 4.99 Å². The molecule has 1 saturated heterocycles. The number of thiazole rings is 1. The molecule has 1 aromatic heterocycles. The van der Waals surface area contributed by atoms with E-state index in [9.17, 15) is 0 Å². The predicted molar refractivity (Wildman–Crippen MR) is 94.5 cm³/mol. The maximum Gasteiger partial charge on any atom is 0.191 e. The Balaban J connectivity index is 1.66. The van der Waals surface area contributed by atoms with Crippen LogP contribution in [0.25, 0.3) is 0 Å². The van der Waals surface area contributed by atoms with Gasteiger partial charge in [0.2, 0.25) is 0 Å². The summed E-state index contributed by atoms with van der Waals surface area (Å²) in [7, 11) is 1.83. The molecule has 2 rings (SSSR count). The lowest BCUT2D eigenvalue weighted by Crippen LogP contribution is -2.42. The average molecular weight is 324 g/mol. The van der Waals surface area contributed by atoms with E-state index in [-0.39, 0.29) is 0 Å². The Morgan fingerprint density at radius 1 is 1.41 bits per heavy atom. The van der Waals surface area contributed by atoms with E-state index in [1.807, 2.05) is 13.2 Å². The molecule has 2 heterocycles. The smallest absolute Gasteiger partial charge is 0.191 e. The van der Waals surface area contributed by atoms with E-state index in [4.69, 9.17) is 0 Å². The van der Waals surface area contributed by atoms with Crippen molar-refractivity contribution in [3.05, 3.63) is 16.1 Å². The minimum Gasteiger partial charge on any atom is -0.356 e. The van der Waals surface area contributed by atoms with Crippen LogP contribution in [-0.2, 0) is 6.54 Å². The van der Waals surface area contributed by atoms with Crippen LogP contribution in [0, 0.1) is 12.8 Å². The molecule has 0 bridgehead atoms. The maximum atomic E-state index is 4.37. The maximum absolute atomic E-state index is 4.37. The van der Waals surface area contributed by atoms with Gasteiger partial charge in [0.25, 0.3) is 0 Å². The van der Waals surface area contributed by atoms with Crippen molar-refractivity contribution in [2.24, 2.45) is 10.9 Å². The molecule has 0 aromatic carbocycles. The number of aromatic nitrogens is 1. The fraction of sp³-hybridized carbons (Fsp3) is 0.750. The first-order valence-corrected chi connectivity index (χ1v) is 9.11. The Bertz CT molecular complexity index is 463. The number of aliphatic imine (C=N–C) groups is 1. The van der Waals surface area contributed by atoms with Gasteiger partial charge < -0.3 is 15.5 Å². The standard InChI is InChI=1S/C16H29N5S/c1-4-7-21-8-5-14(6-9-21)11-19-16(17-3)20-12-15-18-10-13(2)22-15/h10,14H,4-9,11-12H2,1-3H3,(H2,17,19,20). The van der Waals surface area contributed by atoms with Crippen LogP contribution in [-0.4, -0.2) is 49.1 Å². The topological polar surface area (TPSA) is 52.5 Å². The summed E-state index contributed by atoms with van der Waals surface area (Å²) in [6, 6.07) is 0. The molecule has 0 atom stereocenters. The van der Waals surface area contributed by atoms with Crippen LogP contribution in [0.1, 0.15) is 36.1 Å². The first kappa shape index (κ1) is 17.2. The van der Waals surface area contributed by atoms with Crippen LogP contribution >= 0.6 is 11.3 Å². The Hall–Kier alpha value is -1.14. The lowest BCUT2D eigenvalue weighted by Gasteiger charge is -2.32. The van der Waals surface area contributed by atoms with Gasteiger partial charge in [-0.25, -0.2) is 4.98 Å². The Kier molecular flexibility index (Phi) is 7.12. The molecule has 0 unspecified atom stereocenters. The minimum absolute atomic E-state index is 0.743. The summed E-state index contributed by atoms with van der Waals surface area (Å²) in [6.45, 7) is 9.82. The third kappa shape index (κ3) is 5.57. The zero-order valence-electron chi connectivity index (χ0n) is 14.1. The summed E-state index contributed by atoms with van der Waals surface area (Å²) in [5, 5.41) is 7.91. The quantitative estimate of drug-likeness (QED) is 0.623. The molecule has 1 aliphatic rings. The van der Waals surface area contributed by atoms with Crippen molar-refractivity contribution >= 4 is 17.3 Å². The summed E-state index contributed by atoms with van der Waals surface area (Å²) in [5.41, 5.74) is 0. The molecule has 1 fully saturated rings. The lowest BCUT2D eigenvalue weighted by molar-refractivity contribution is 0.185. The third-order valence-electron chi connectivity index (χ3n) is 4.10. The largest absolute Gasteiger partial charge is 0.356 e. The highest BCUT2D eigenvalue weighted by Gasteiger charge is 2.18. The molecule has 5 nitrogen and oxygen atoms in total. The minimum atomic E-state index is 0.743. The van der Waals surface area contributed by atoms with E-state index in [1.54, 1.807) is 11.3 Å². The number of likely N-dealkylation sites (tertiary alicyclic amines) is 1. The lowest BCUT2D eigenvalue weighted by atomic mass is 9.97. The summed E-state index contributed by atoms with van der Waals surface area (Å²) < 4.78 is 0.